The van der Waals surface area contributed by atoms with Crippen LogP contribution in [0.15, 0.2) is 60.2 Å². The van der Waals surface area contributed by atoms with Gasteiger partial charge in [0.15, 0.2) is 0 Å². The molecule has 3 rings (SSSR count). The molecule has 1 atom stereocenters. The zero-order valence-electron chi connectivity index (χ0n) is 12.1. The molecule has 3 aromatic rings. The van der Waals surface area contributed by atoms with Gasteiger partial charge in [0.2, 0.25) is 0 Å². The van der Waals surface area contributed by atoms with Crippen LogP contribution in [0.3, 0.4) is 0 Å². The molecule has 0 bridgehead atoms. The van der Waals surface area contributed by atoms with Gasteiger partial charge in [0.05, 0.1) is 0 Å². The van der Waals surface area contributed by atoms with E-state index in [9.17, 15) is 9.18 Å². The summed E-state index contributed by atoms with van der Waals surface area (Å²) < 4.78 is 14.7. The lowest BCUT2D eigenvalue weighted by Gasteiger charge is -2.17. The Bertz CT molecular complexity index is 707. The molecular weight excluding hydrogens is 315 g/mol. The summed E-state index contributed by atoms with van der Waals surface area (Å²) in [5.41, 5.74) is 0.538. The molecule has 2 heterocycles. The first-order valence-electron chi connectivity index (χ1n) is 7.05. The van der Waals surface area contributed by atoms with Crippen molar-refractivity contribution in [1.29, 1.82) is 0 Å². The van der Waals surface area contributed by atoms with Crippen molar-refractivity contribution in [2.75, 3.05) is 11.9 Å². The number of thiophene rings is 1. The van der Waals surface area contributed by atoms with Crippen molar-refractivity contribution in [3.8, 4) is 0 Å². The van der Waals surface area contributed by atoms with Crippen molar-refractivity contribution in [3.63, 3.8) is 0 Å². The number of halogens is 1. The van der Waals surface area contributed by atoms with E-state index in [0.717, 1.165) is 4.88 Å². The number of amides is 2. The molecule has 0 spiro atoms. The third-order valence-electron chi connectivity index (χ3n) is 3.27. The van der Waals surface area contributed by atoms with Crippen LogP contribution in [0.25, 0.3) is 0 Å². The molecule has 7 heteroatoms. The minimum absolute atomic E-state index is 0.0658. The van der Waals surface area contributed by atoms with E-state index in [4.69, 9.17) is 0 Å². The smallest absolute Gasteiger partial charge is 0.319 e. The summed E-state index contributed by atoms with van der Waals surface area (Å²) >= 11 is 1.61. The summed E-state index contributed by atoms with van der Waals surface area (Å²) in [6, 6.07) is 11.0. The van der Waals surface area contributed by atoms with Crippen molar-refractivity contribution in [1.82, 2.24) is 15.1 Å². The van der Waals surface area contributed by atoms with E-state index in [1.165, 1.54) is 24.3 Å². The number of benzene rings is 1. The van der Waals surface area contributed by atoms with Crippen molar-refractivity contribution >= 4 is 23.1 Å². The number of hydrogen-bond acceptors (Lipinski definition) is 3. The molecular formula is C16H15FN4OS. The van der Waals surface area contributed by atoms with Crippen LogP contribution in [0.1, 0.15) is 10.9 Å². The van der Waals surface area contributed by atoms with Gasteiger partial charge in [0.1, 0.15) is 11.9 Å². The van der Waals surface area contributed by atoms with Crippen molar-refractivity contribution < 1.29 is 9.18 Å². The second kappa shape index (κ2) is 7.06. The van der Waals surface area contributed by atoms with Crippen LogP contribution in [0.4, 0.5) is 14.9 Å². The lowest BCUT2D eigenvalue weighted by atomic mass is 10.2. The zero-order chi connectivity index (χ0) is 16.1. The van der Waals surface area contributed by atoms with E-state index >= 15 is 0 Å². The molecule has 1 unspecified atom stereocenters. The van der Waals surface area contributed by atoms with Crippen LogP contribution in [-0.4, -0.2) is 22.4 Å². The third kappa shape index (κ3) is 3.95. The molecule has 23 heavy (non-hydrogen) atoms. The van der Waals surface area contributed by atoms with Crippen LogP contribution < -0.4 is 10.6 Å². The predicted octanol–water partition coefficient (Wildman–Crippen LogP) is 3.49. The van der Waals surface area contributed by atoms with Crippen molar-refractivity contribution in [2.24, 2.45) is 0 Å². The quantitative estimate of drug-likeness (QED) is 0.752. The second-order valence-electron chi connectivity index (χ2n) is 4.86. The van der Waals surface area contributed by atoms with Gasteiger partial charge >= 0.3 is 6.03 Å². The highest BCUT2D eigenvalue weighted by atomic mass is 32.1. The Kier molecular flexibility index (Phi) is 4.68. The number of anilines is 1. The molecule has 0 fully saturated rings. The third-order valence-corrected chi connectivity index (χ3v) is 4.25. The number of rotatable bonds is 5. The van der Waals surface area contributed by atoms with E-state index in [-0.39, 0.29) is 17.9 Å². The topological polar surface area (TPSA) is 59.0 Å². The first kappa shape index (κ1) is 15.2. The second-order valence-corrected chi connectivity index (χ2v) is 5.84. The Morgan fingerprint density at radius 2 is 2.09 bits per heavy atom. The molecule has 0 aliphatic rings. The molecule has 5 nitrogen and oxygen atoms in total. The first-order chi connectivity index (χ1) is 11.2. The fourth-order valence-electron chi connectivity index (χ4n) is 2.17. The van der Waals surface area contributed by atoms with Gasteiger partial charge in [-0.3, -0.25) is 4.68 Å². The van der Waals surface area contributed by atoms with Gasteiger partial charge in [-0.05, 0) is 41.8 Å². The Morgan fingerprint density at radius 1 is 1.26 bits per heavy atom. The molecule has 0 aliphatic carbocycles. The van der Waals surface area contributed by atoms with Crippen LogP contribution >= 0.6 is 11.3 Å². The van der Waals surface area contributed by atoms with Gasteiger partial charge in [-0.1, -0.05) is 6.07 Å². The number of nitrogens with one attached hydrogen (secondary N) is 2. The van der Waals surface area contributed by atoms with Crippen LogP contribution in [0.2, 0.25) is 0 Å². The van der Waals surface area contributed by atoms with Crippen molar-refractivity contribution in [2.45, 2.75) is 6.04 Å². The fraction of sp³-hybridized carbons (Fsp3) is 0.125. The van der Waals surface area contributed by atoms with Crippen LogP contribution in [-0.2, 0) is 0 Å². The summed E-state index contributed by atoms with van der Waals surface area (Å²) in [4.78, 5) is 13.1. The average Bonchev–Trinajstić information content (AvgIpc) is 3.24. The highest BCUT2D eigenvalue weighted by Gasteiger charge is 2.16. The molecule has 2 N–H and O–H groups in total. The first-order valence-corrected chi connectivity index (χ1v) is 7.93. The number of urea groups is 1. The van der Waals surface area contributed by atoms with Crippen LogP contribution in [0.5, 0.6) is 0 Å². The summed E-state index contributed by atoms with van der Waals surface area (Å²) in [6.07, 6.45) is 3.57. The largest absolute Gasteiger partial charge is 0.335 e. The van der Waals surface area contributed by atoms with Gasteiger partial charge in [-0.2, -0.15) is 5.10 Å². The molecule has 0 radical (unpaired) electrons. The average molecular weight is 330 g/mol. The van der Waals surface area contributed by atoms with Gasteiger partial charge in [0, 0.05) is 29.5 Å². The highest BCUT2D eigenvalue weighted by molar-refractivity contribution is 7.10. The summed E-state index contributed by atoms with van der Waals surface area (Å²) in [6.45, 7) is 0.398. The zero-order valence-corrected chi connectivity index (χ0v) is 13.0. The maximum absolute atomic E-state index is 12.9. The van der Waals surface area contributed by atoms with Gasteiger partial charge in [-0.15, -0.1) is 11.3 Å². The monoisotopic (exact) mass is 330 g/mol. The Balaban J connectivity index is 1.62. The molecule has 2 amide bonds. The number of carbonyl (C=O) groups is 1. The Morgan fingerprint density at radius 3 is 2.74 bits per heavy atom. The highest BCUT2D eigenvalue weighted by Crippen LogP contribution is 2.21. The lowest BCUT2D eigenvalue weighted by Crippen LogP contribution is -2.34. The SMILES string of the molecule is O=C(NCC(c1cccs1)n1cccn1)Nc1ccc(F)cc1. The lowest BCUT2D eigenvalue weighted by molar-refractivity contribution is 0.250. The molecule has 0 saturated heterocycles. The van der Waals surface area contributed by atoms with E-state index in [1.807, 2.05) is 34.5 Å². The van der Waals surface area contributed by atoms with E-state index < -0.39 is 0 Å². The molecule has 0 saturated carbocycles. The van der Waals surface area contributed by atoms with E-state index in [1.54, 1.807) is 17.5 Å². The number of hydrogen-bond donors (Lipinski definition) is 2. The van der Waals surface area contributed by atoms with Crippen molar-refractivity contribution in [3.05, 3.63) is 70.9 Å². The minimum atomic E-state index is -0.342. The number of nitrogens with zero attached hydrogens (tertiary/aromatic N) is 2. The van der Waals surface area contributed by atoms with E-state index in [0.29, 0.717) is 12.2 Å². The van der Waals surface area contributed by atoms with Crippen LogP contribution in [0, 0.1) is 5.82 Å². The Labute approximate surface area is 136 Å². The molecule has 118 valence electrons. The summed E-state index contributed by atoms with van der Waals surface area (Å²) in [7, 11) is 0. The standard InChI is InChI=1S/C16H15FN4OS/c17-12-4-6-13(7-5-12)20-16(22)18-11-14(15-3-1-10-23-15)21-9-2-8-19-21/h1-10,14H,11H2,(H2,18,20,22). The predicted molar refractivity (Wildman–Crippen MR) is 88.1 cm³/mol. The number of aromatic nitrogens is 2. The molecule has 1 aromatic carbocycles. The minimum Gasteiger partial charge on any atom is -0.335 e. The van der Waals surface area contributed by atoms with E-state index in [2.05, 4.69) is 15.7 Å². The maximum Gasteiger partial charge on any atom is 0.319 e. The van der Waals surface area contributed by atoms with Gasteiger partial charge in [-0.25, -0.2) is 9.18 Å². The van der Waals surface area contributed by atoms with Gasteiger partial charge in [0.25, 0.3) is 0 Å². The summed E-state index contributed by atoms with van der Waals surface area (Å²) in [5, 5.41) is 11.7. The van der Waals surface area contributed by atoms with Gasteiger partial charge < -0.3 is 10.6 Å². The molecule has 2 aromatic heterocycles. The summed E-state index contributed by atoms with van der Waals surface area (Å²) in [5.74, 6) is -0.340. The normalized spacial score (nSPS) is 11.9. The fourth-order valence-corrected chi connectivity index (χ4v) is 2.99. The molecule has 0 aliphatic heterocycles. The number of carbonyl (C=O) groups excluding carboxylic acids is 1. The maximum atomic E-state index is 12.9. The Hall–Kier alpha value is -2.67.